The number of piperazine rings is 1. The molecule has 0 bridgehead atoms. The lowest BCUT2D eigenvalue weighted by atomic mass is 10.0. The molecule has 0 aliphatic carbocycles. The number of halogens is 4. The van der Waals surface area contributed by atoms with E-state index in [-0.39, 0.29) is 6.04 Å². The van der Waals surface area contributed by atoms with Gasteiger partial charge in [-0.05, 0) is 47.5 Å². The normalized spacial score (nSPS) is 23.4. The Bertz CT molecular complexity index is 490. The minimum Gasteiger partial charge on any atom is -0.365 e. The van der Waals surface area contributed by atoms with Gasteiger partial charge >= 0.3 is 6.18 Å². The maximum Gasteiger partial charge on any atom is 0.416 e. The molecule has 0 aromatic heterocycles. The summed E-state index contributed by atoms with van der Waals surface area (Å²) in [5, 5.41) is 3.45. The Morgan fingerprint density at radius 3 is 2.71 bits per heavy atom. The van der Waals surface area contributed by atoms with E-state index in [0.717, 1.165) is 32.0 Å². The topological polar surface area (TPSA) is 15.3 Å². The molecule has 1 fully saturated rings. The second kappa shape index (κ2) is 6.57. The molecule has 1 heterocycles. The van der Waals surface area contributed by atoms with Crippen molar-refractivity contribution in [1.82, 2.24) is 5.32 Å². The van der Waals surface area contributed by atoms with Crippen LogP contribution >= 0.6 is 15.9 Å². The molecule has 2 atom stereocenters. The Kier molecular flexibility index (Phi) is 5.20. The molecule has 2 rings (SSSR count). The summed E-state index contributed by atoms with van der Waals surface area (Å²) in [7, 11) is 0. The van der Waals surface area contributed by atoms with Gasteiger partial charge in [-0.2, -0.15) is 13.2 Å². The maximum atomic E-state index is 12.9. The first-order valence-electron chi connectivity index (χ1n) is 7.19. The Balaban J connectivity index is 2.30. The number of hydrogen-bond acceptors (Lipinski definition) is 2. The van der Waals surface area contributed by atoms with E-state index in [4.69, 9.17) is 0 Å². The molecule has 1 aromatic rings. The van der Waals surface area contributed by atoms with Crippen LogP contribution in [0, 0.1) is 0 Å². The molecule has 1 aliphatic rings. The van der Waals surface area contributed by atoms with Gasteiger partial charge in [-0.25, -0.2) is 0 Å². The highest BCUT2D eigenvalue weighted by Gasteiger charge is 2.33. The van der Waals surface area contributed by atoms with Gasteiger partial charge in [-0.1, -0.05) is 13.3 Å². The van der Waals surface area contributed by atoms with Gasteiger partial charge in [0, 0.05) is 29.6 Å². The molecule has 0 amide bonds. The molecule has 1 saturated heterocycles. The van der Waals surface area contributed by atoms with E-state index in [1.165, 1.54) is 12.1 Å². The highest BCUT2D eigenvalue weighted by molar-refractivity contribution is 9.10. The van der Waals surface area contributed by atoms with Crippen molar-refractivity contribution in [2.45, 2.75) is 44.9 Å². The highest BCUT2D eigenvalue weighted by Crippen LogP contribution is 2.36. The second-order valence-electron chi connectivity index (χ2n) is 5.56. The molecular formula is C15H20BrF3N2. The fraction of sp³-hybridized carbons (Fsp3) is 0.600. The van der Waals surface area contributed by atoms with Crippen LogP contribution in [0.2, 0.25) is 0 Å². The Morgan fingerprint density at radius 1 is 1.38 bits per heavy atom. The first-order valence-corrected chi connectivity index (χ1v) is 7.99. The number of alkyl halides is 3. The summed E-state index contributed by atoms with van der Waals surface area (Å²) in [5.74, 6) is 0. The van der Waals surface area contributed by atoms with E-state index in [2.05, 4.69) is 33.1 Å². The second-order valence-corrected chi connectivity index (χ2v) is 6.41. The summed E-state index contributed by atoms with van der Waals surface area (Å²) >= 11 is 3.39. The Morgan fingerprint density at radius 2 is 2.10 bits per heavy atom. The van der Waals surface area contributed by atoms with Gasteiger partial charge < -0.3 is 10.2 Å². The quantitative estimate of drug-likeness (QED) is 0.852. The van der Waals surface area contributed by atoms with Crippen LogP contribution < -0.4 is 10.2 Å². The van der Waals surface area contributed by atoms with E-state index < -0.39 is 11.7 Å². The molecule has 0 radical (unpaired) electrons. The third-order valence-electron chi connectivity index (χ3n) is 3.87. The van der Waals surface area contributed by atoms with Crippen LogP contribution in [0.4, 0.5) is 18.9 Å². The molecule has 0 saturated carbocycles. The molecular weight excluding hydrogens is 345 g/mol. The molecule has 6 heteroatoms. The summed E-state index contributed by atoms with van der Waals surface area (Å²) in [4.78, 5) is 2.07. The van der Waals surface area contributed by atoms with Crippen LogP contribution in [-0.4, -0.2) is 25.2 Å². The summed E-state index contributed by atoms with van der Waals surface area (Å²) < 4.78 is 39.5. The van der Waals surface area contributed by atoms with Gasteiger partial charge in [0.15, 0.2) is 0 Å². The molecule has 1 aliphatic heterocycles. The zero-order valence-corrected chi connectivity index (χ0v) is 13.8. The fourth-order valence-electron chi connectivity index (χ4n) is 2.72. The molecule has 1 aromatic carbocycles. The van der Waals surface area contributed by atoms with Crippen LogP contribution in [-0.2, 0) is 6.18 Å². The zero-order valence-electron chi connectivity index (χ0n) is 12.2. The van der Waals surface area contributed by atoms with E-state index in [1.807, 2.05) is 6.92 Å². The number of nitrogens with zero attached hydrogens (tertiary/aromatic N) is 1. The number of anilines is 1. The van der Waals surface area contributed by atoms with Crippen LogP contribution in [0.1, 0.15) is 32.3 Å². The number of rotatable bonds is 3. The largest absolute Gasteiger partial charge is 0.416 e. The van der Waals surface area contributed by atoms with Crippen LogP contribution in [0.15, 0.2) is 22.7 Å². The molecule has 2 nitrogen and oxygen atoms in total. The van der Waals surface area contributed by atoms with Crippen molar-refractivity contribution in [1.29, 1.82) is 0 Å². The SMILES string of the molecule is CCCC1CN(c2cc(C(F)(F)F)ccc2Br)C(C)CN1. The molecule has 2 unspecified atom stereocenters. The van der Waals surface area contributed by atoms with Crippen molar-refractivity contribution in [3.63, 3.8) is 0 Å². The Hall–Kier alpha value is -0.750. The summed E-state index contributed by atoms with van der Waals surface area (Å²) in [6.07, 6.45) is -2.22. The monoisotopic (exact) mass is 364 g/mol. The fourth-order valence-corrected chi connectivity index (χ4v) is 3.19. The summed E-state index contributed by atoms with van der Waals surface area (Å²) in [5.41, 5.74) is 0.0263. The van der Waals surface area contributed by atoms with Gasteiger partial charge in [0.2, 0.25) is 0 Å². The Labute approximate surface area is 131 Å². The lowest BCUT2D eigenvalue weighted by Gasteiger charge is -2.41. The third-order valence-corrected chi connectivity index (χ3v) is 4.54. The number of benzene rings is 1. The molecule has 118 valence electrons. The van der Waals surface area contributed by atoms with Crippen LogP contribution in [0.3, 0.4) is 0 Å². The smallest absolute Gasteiger partial charge is 0.365 e. The minimum absolute atomic E-state index is 0.165. The standard InChI is InChI=1S/C15H20BrF3N2/c1-3-4-12-9-21(10(2)8-20-12)14-7-11(15(17,18)19)5-6-13(14)16/h5-7,10,12,20H,3-4,8-9H2,1-2H3. The lowest BCUT2D eigenvalue weighted by molar-refractivity contribution is -0.137. The minimum atomic E-state index is -4.31. The molecule has 1 N–H and O–H groups in total. The van der Waals surface area contributed by atoms with Crippen molar-refractivity contribution >= 4 is 21.6 Å². The van der Waals surface area contributed by atoms with Gasteiger partial charge in [0.1, 0.15) is 0 Å². The zero-order chi connectivity index (χ0) is 15.6. The summed E-state index contributed by atoms with van der Waals surface area (Å²) in [6, 6.07) is 4.34. The van der Waals surface area contributed by atoms with E-state index in [0.29, 0.717) is 16.2 Å². The van der Waals surface area contributed by atoms with Crippen molar-refractivity contribution in [2.24, 2.45) is 0 Å². The number of hydrogen-bond donors (Lipinski definition) is 1. The van der Waals surface area contributed by atoms with Gasteiger partial charge in [-0.3, -0.25) is 0 Å². The van der Waals surface area contributed by atoms with E-state index >= 15 is 0 Å². The highest BCUT2D eigenvalue weighted by atomic mass is 79.9. The lowest BCUT2D eigenvalue weighted by Crippen LogP contribution is -2.55. The van der Waals surface area contributed by atoms with Crippen LogP contribution in [0.5, 0.6) is 0 Å². The van der Waals surface area contributed by atoms with Gasteiger partial charge in [-0.15, -0.1) is 0 Å². The maximum absolute atomic E-state index is 12.9. The average molecular weight is 365 g/mol. The van der Waals surface area contributed by atoms with Crippen molar-refractivity contribution in [3.8, 4) is 0 Å². The van der Waals surface area contributed by atoms with E-state index in [1.54, 1.807) is 0 Å². The first-order chi connectivity index (χ1) is 9.82. The average Bonchev–Trinajstić information content (AvgIpc) is 2.41. The van der Waals surface area contributed by atoms with Crippen molar-refractivity contribution in [2.75, 3.05) is 18.0 Å². The third kappa shape index (κ3) is 3.92. The van der Waals surface area contributed by atoms with Gasteiger partial charge in [0.25, 0.3) is 0 Å². The van der Waals surface area contributed by atoms with Crippen LogP contribution in [0.25, 0.3) is 0 Å². The molecule has 21 heavy (non-hydrogen) atoms. The molecule has 0 spiro atoms. The predicted molar refractivity (Wildman–Crippen MR) is 82.7 cm³/mol. The van der Waals surface area contributed by atoms with Crippen molar-refractivity contribution < 1.29 is 13.2 Å². The predicted octanol–water partition coefficient (Wildman–Crippen LogP) is 4.43. The summed E-state index contributed by atoms with van der Waals surface area (Å²) in [6.45, 7) is 5.66. The van der Waals surface area contributed by atoms with Gasteiger partial charge in [0.05, 0.1) is 11.3 Å². The van der Waals surface area contributed by atoms with E-state index in [9.17, 15) is 13.2 Å². The first kappa shape index (κ1) is 16.6. The number of nitrogens with one attached hydrogen (secondary N) is 1. The van der Waals surface area contributed by atoms with Crippen molar-refractivity contribution in [3.05, 3.63) is 28.2 Å².